The first-order valence-corrected chi connectivity index (χ1v) is 6.66. The van der Waals surface area contributed by atoms with Crippen LogP contribution in [0.2, 0.25) is 5.02 Å². The number of sulfonamides is 1. The molecule has 0 aromatic heterocycles. The molecule has 7 heteroatoms. The molecule has 17 heavy (non-hydrogen) atoms. The lowest BCUT2D eigenvalue weighted by Gasteiger charge is -2.13. The molecular weight excluding hydrogens is 266 g/mol. The summed E-state index contributed by atoms with van der Waals surface area (Å²) in [6, 6.07) is 4.20. The maximum absolute atomic E-state index is 12.0. The molecule has 1 amide bonds. The summed E-state index contributed by atoms with van der Waals surface area (Å²) < 4.78 is 29.7. The number of hydrogen-bond donors (Lipinski definition) is 0. The predicted octanol–water partition coefficient (Wildman–Crippen LogP) is 1.13. The predicted molar refractivity (Wildman–Crippen MR) is 61.6 cm³/mol. The summed E-state index contributed by atoms with van der Waals surface area (Å²) in [6.07, 6.45) is 0. The van der Waals surface area contributed by atoms with Gasteiger partial charge in [0.1, 0.15) is 4.90 Å². The zero-order valence-electron chi connectivity index (χ0n) is 9.01. The van der Waals surface area contributed by atoms with Crippen LogP contribution in [-0.4, -0.2) is 38.9 Å². The second-order valence-corrected chi connectivity index (χ2v) is 5.78. The molecule has 1 aromatic carbocycles. The third-order valence-corrected chi connectivity index (χ3v) is 4.52. The van der Waals surface area contributed by atoms with Gasteiger partial charge in [-0.1, -0.05) is 11.6 Å². The van der Waals surface area contributed by atoms with E-state index in [1.807, 2.05) is 0 Å². The lowest BCUT2D eigenvalue weighted by molar-refractivity contribution is 0.0837. The maximum atomic E-state index is 12.0. The van der Waals surface area contributed by atoms with E-state index in [1.54, 1.807) is 0 Å². The Morgan fingerprint density at radius 1 is 1.41 bits per heavy atom. The monoisotopic (exact) mass is 275 g/mol. The van der Waals surface area contributed by atoms with Crippen molar-refractivity contribution < 1.29 is 17.9 Å². The SMILES string of the molecule is COCCN1C(=O)c2ccc(Cl)cc2S1(=O)=O. The number of nitrogens with zero attached hydrogens (tertiary/aromatic N) is 1. The Morgan fingerprint density at radius 2 is 2.12 bits per heavy atom. The highest BCUT2D eigenvalue weighted by molar-refractivity contribution is 7.90. The Kier molecular flexibility index (Phi) is 3.11. The van der Waals surface area contributed by atoms with Crippen LogP contribution in [0.25, 0.3) is 0 Å². The van der Waals surface area contributed by atoms with Crippen LogP contribution in [0.3, 0.4) is 0 Å². The number of hydrogen-bond acceptors (Lipinski definition) is 4. The van der Waals surface area contributed by atoms with E-state index in [1.165, 1.54) is 25.3 Å². The fraction of sp³-hybridized carbons (Fsp3) is 0.300. The molecule has 1 aliphatic heterocycles. The van der Waals surface area contributed by atoms with Crippen LogP contribution in [0, 0.1) is 0 Å². The lowest BCUT2D eigenvalue weighted by Crippen LogP contribution is -2.32. The van der Waals surface area contributed by atoms with E-state index in [0.29, 0.717) is 0 Å². The van der Waals surface area contributed by atoms with Crippen molar-refractivity contribution in [2.24, 2.45) is 0 Å². The van der Waals surface area contributed by atoms with Crippen molar-refractivity contribution in [3.8, 4) is 0 Å². The van der Waals surface area contributed by atoms with E-state index in [2.05, 4.69) is 0 Å². The third-order valence-electron chi connectivity index (χ3n) is 2.47. The quantitative estimate of drug-likeness (QED) is 0.830. The first kappa shape index (κ1) is 12.3. The fourth-order valence-electron chi connectivity index (χ4n) is 1.64. The topological polar surface area (TPSA) is 63.7 Å². The Morgan fingerprint density at radius 3 is 2.76 bits per heavy atom. The number of carbonyl (C=O) groups is 1. The molecule has 0 bridgehead atoms. The van der Waals surface area contributed by atoms with Gasteiger partial charge in [0.2, 0.25) is 0 Å². The van der Waals surface area contributed by atoms with Crippen LogP contribution in [0.15, 0.2) is 23.1 Å². The van der Waals surface area contributed by atoms with Crippen molar-refractivity contribution in [2.45, 2.75) is 4.90 Å². The van der Waals surface area contributed by atoms with Crippen LogP contribution < -0.4 is 0 Å². The fourth-order valence-corrected chi connectivity index (χ4v) is 3.46. The molecule has 0 aliphatic carbocycles. The first-order chi connectivity index (χ1) is 7.98. The molecule has 0 fully saturated rings. The van der Waals surface area contributed by atoms with Gasteiger partial charge in [-0.2, -0.15) is 0 Å². The van der Waals surface area contributed by atoms with Crippen LogP contribution in [-0.2, 0) is 14.8 Å². The molecule has 0 atom stereocenters. The molecule has 0 N–H and O–H groups in total. The minimum atomic E-state index is -3.77. The Labute approximate surface area is 104 Å². The average Bonchev–Trinajstić information content (AvgIpc) is 2.45. The van der Waals surface area contributed by atoms with Crippen molar-refractivity contribution in [3.63, 3.8) is 0 Å². The number of methoxy groups -OCH3 is 1. The molecule has 0 saturated carbocycles. The van der Waals surface area contributed by atoms with E-state index in [-0.39, 0.29) is 28.6 Å². The minimum Gasteiger partial charge on any atom is -0.383 e. The largest absolute Gasteiger partial charge is 0.383 e. The van der Waals surface area contributed by atoms with Gasteiger partial charge in [-0.15, -0.1) is 0 Å². The highest BCUT2D eigenvalue weighted by Crippen LogP contribution is 2.31. The summed E-state index contributed by atoms with van der Waals surface area (Å²) in [5.74, 6) is -0.534. The van der Waals surface area contributed by atoms with E-state index in [4.69, 9.17) is 16.3 Å². The highest BCUT2D eigenvalue weighted by Gasteiger charge is 2.40. The van der Waals surface area contributed by atoms with Gasteiger partial charge in [0.15, 0.2) is 0 Å². The van der Waals surface area contributed by atoms with Gasteiger partial charge in [-0.3, -0.25) is 4.79 Å². The summed E-state index contributed by atoms with van der Waals surface area (Å²) in [6.45, 7) is 0.163. The van der Waals surface area contributed by atoms with Gasteiger partial charge in [-0.25, -0.2) is 12.7 Å². The molecule has 1 aliphatic rings. The standard InChI is InChI=1S/C10H10ClNO4S/c1-16-5-4-12-10(13)8-3-2-7(11)6-9(8)17(12,14)15/h2-3,6H,4-5H2,1H3. The van der Waals surface area contributed by atoms with Gasteiger partial charge in [0.05, 0.1) is 18.7 Å². The summed E-state index contributed by atoms with van der Waals surface area (Å²) in [5, 5.41) is 0.286. The average molecular weight is 276 g/mol. The first-order valence-electron chi connectivity index (χ1n) is 4.84. The van der Waals surface area contributed by atoms with Crippen molar-refractivity contribution in [1.82, 2.24) is 4.31 Å². The van der Waals surface area contributed by atoms with E-state index >= 15 is 0 Å². The second-order valence-electron chi connectivity index (χ2n) is 3.52. The summed E-state index contributed by atoms with van der Waals surface area (Å²) in [4.78, 5) is 11.8. The number of ether oxygens (including phenoxy) is 1. The van der Waals surface area contributed by atoms with Crippen molar-refractivity contribution in [2.75, 3.05) is 20.3 Å². The molecule has 2 rings (SSSR count). The van der Waals surface area contributed by atoms with Gasteiger partial charge >= 0.3 is 0 Å². The van der Waals surface area contributed by atoms with Gasteiger partial charge in [0.25, 0.3) is 15.9 Å². The molecule has 0 radical (unpaired) electrons. The van der Waals surface area contributed by atoms with E-state index in [0.717, 1.165) is 4.31 Å². The highest BCUT2D eigenvalue weighted by atomic mass is 35.5. The maximum Gasteiger partial charge on any atom is 0.269 e. The summed E-state index contributed by atoms with van der Waals surface area (Å²) in [7, 11) is -2.33. The zero-order chi connectivity index (χ0) is 12.6. The van der Waals surface area contributed by atoms with Crippen LogP contribution in [0.1, 0.15) is 10.4 Å². The van der Waals surface area contributed by atoms with Gasteiger partial charge in [0, 0.05) is 12.1 Å². The number of amides is 1. The van der Waals surface area contributed by atoms with Gasteiger partial charge in [-0.05, 0) is 18.2 Å². The van der Waals surface area contributed by atoms with E-state index < -0.39 is 15.9 Å². The third kappa shape index (κ3) is 1.92. The van der Waals surface area contributed by atoms with Gasteiger partial charge < -0.3 is 4.74 Å². The smallest absolute Gasteiger partial charge is 0.269 e. The van der Waals surface area contributed by atoms with Crippen LogP contribution in [0.4, 0.5) is 0 Å². The number of rotatable bonds is 3. The molecule has 5 nitrogen and oxygen atoms in total. The number of carbonyl (C=O) groups excluding carboxylic acids is 1. The van der Waals surface area contributed by atoms with Crippen molar-refractivity contribution in [3.05, 3.63) is 28.8 Å². The van der Waals surface area contributed by atoms with Crippen molar-refractivity contribution >= 4 is 27.5 Å². The molecular formula is C10H10ClNO4S. The number of benzene rings is 1. The van der Waals surface area contributed by atoms with Crippen LogP contribution in [0.5, 0.6) is 0 Å². The second kappa shape index (κ2) is 4.29. The Balaban J connectivity index is 2.49. The molecule has 0 unspecified atom stereocenters. The molecule has 1 aromatic rings. The Bertz CT molecular complexity index is 570. The zero-order valence-corrected chi connectivity index (χ0v) is 10.6. The molecule has 0 spiro atoms. The minimum absolute atomic E-state index is 0.00393. The lowest BCUT2D eigenvalue weighted by atomic mass is 10.2. The Hall–Kier alpha value is -1.11. The summed E-state index contributed by atoms with van der Waals surface area (Å²) in [5.41, 5.74) is 0.158. The normalized spacial score (nSPS) is 17.3. The molecule has 0 saturated heterocycles. The number of fused-ring (bicyclic) bond motifs is 1. The summed E-state index contributed by atoms with van der Waals surface area (Å²) >= 11 is 5.73. The molecule has 92 valence electrons. The molecule has 1 heterocycles. The number of halogens is 1. The van der Waals surface area contributed by atoms with E-state index in [9.17, 15) is 13.2 Å². The van der Waals surface area contributed by atoms with Crippen molar-refractivity contribution in [1.29, 1.82) is 0 Å². The van der Waals surface area contributed by atoms with Crippen LogP contribution >= 0.6 is 11.6 Å².